The predicted molar refractivity (Wildman–Crippen MR) is 199 cm³/mol. The van der Waals surface area contributed by atoms with Crippen molar-refractivity contribution < 1.29 is 82.8 Å². The van der Waals surface area contributed by atoms with Crippen LogP contribution in [0.1, 0.15) is 33.7 Å². The van der Waals surface area contributed by atoms with E-state index in [1.165, 1.54) is 11.2 Å². The van der Waals surface area contributed by atoms with Gasteiger partial charge in [-0.3, -0.25) is 0 Å². The number of nitrogens with two attached hydrogens (primary N) is 3. The monoisotopic (exact) mass is 824 g/mol. The normalized spacial score (nSPS) is 16.5. The second-order valence-electron chi connectivity index (χ2n) is 12.5. The minimum Gasteiger partial charge on any atom is -0.508 e. The second-order valence-corrected chi connectivity index (χ2v) is 12.5. The molecule has 0 amide bonds. The molecule has 58 heavy (non-hydrogen) atoms. The minimum absolute atomic E-state index is 0.0366. The van der Waals surface area contributed by atoms with Crippen molar-refractivity contribution >= 4 is 5.97 Å². The standard InChI is InChI=1S/C37H49FN4O16/c38-25-13-22(16-27(45)32(25)48)37(50)58-36-34(21-14-28(46)33(49)29(47)15-21)57-30-18-24(43)17-26(44)31(30)35(36)56-20-23(40)19-42(41)2-4-52-6-8-54-10-12-55-11-9-53-7-5-51-3-1-39/h13-19,34-36,43-49H,1-12,20,39-41H2/b23-19-. The number of rotatable bonds is 24. The summed E-state index contributed by atoms with van der Waals surface area (Å²) in [6, 6.07) is 5.39. The first-order valence-corrected chi connectivity index (χ1v) is 17.9. The van der Waals surface area contributed by atoms with E-state index in [0.717, 1.165) is 30.3 Å². The third kappa shape index (κ3) is 13.0. The van der Waals surface area contributed by atoms with Crippen molar-refractivity contribution in [3.05, 3.63) is 70.8 Å². The quantitative estimate of drug-likeness (QED) is 0.0199. The van der Waals surface area contributed by atoms with Gasteiger partial charge in [0.05, 0.1) is 96.0 Å². The van der Waals surface area contributed by atoms with Gasteiger partial charge in [-0.15, -0.1) is 0 Å². The van der Waals surface area contributed by atoms with Crippen LogP contribution in [0, 0.1) is 5.82 Å². The van der Waals surface area contributed by atoms with Gasteiger partial charge >= 0.3 is 5.97 Å². The molecule has 0 saturated heterocycles. The average molecular weight is 825 g/mol. The highest BCUT2D eigenvalue weighted by Gasteiger charge is 2.45. The fourth-order valence-electron chi connectivity index (χ4n) is 5.49. The molecule has 320 valence electrons. The molecule has 4 rings (SSSR count). The number of hydrogen-bond acceptors (Lipinski definition) is 20. The Balaban J connectivity index is 1.38. The molecule has 0 spiro atoms. The molecule has 1 heterocycles. The van der Waals surface area contributed by atoms with E-state index in [2.05, 4.69) is 0 Å². The maximum Gasteiger partial charge on any atom is 0.338 e. The Bertz CT molecular complexity index is 1790. The highest BCUT2D eigenvalue weighted by molar-refractivity contribution is 5.90. The van der Waals surface area contributed by atoms with E-state index in [1.54, 1.807) is 0 Å². The number of phenolic OH excluding ortho intramolecular Hbond substituents is 7. The number of nitrogens with zero attached hydrogens (tertiary/aromatic N) is 1. The van der Waals surface area contributed by atoms with E-state index in [9.17, 15) is 44.9 Å². The van der Waals surface area contributed by atoms with Crippen LogP contribution in [0.5, 0.6) is 46.0 Å². The molecule has 3 aromatic carbocycles. The zero-order valence-corrected chi connectivity index (χ0v) is 31.3. The summed E-state index contributed by atoms with van der Waals surface area (Å²) in [7, 11) is 0. The van der Waals surface area contributed by atoms with Gasteiger partial charge < -0.3 is 90.1 Å². The summed E-state index contributed by atoms with van der Waals surface area (Å²) in [5, 5.41) is 72.6. The Morgan fingerprint density at radius 2 is 1.29 bits per heavy atom. The van der Waals surface area contributed by atoms with Gasteiger partial charge in [-0.1, -0.05) is 0 Å². The summed E-state index contributed by atoms with van der Waals surface area (Å²) in [4.78, 5) is 13.4. The molecule has 1 aliphatic rings. The topological polar surface area (TPSA) is 314 Å². The molecule has 0 bridgehead atoms. The van der Waals surface area contributed by atoms with Crippen molar-refractivity contribution in [2.24, 2.45) is 17.3 Å². The van der Waals surface area contributed by atoms with Gasteiger partial charge in [-0.05, 0) is 24.3 Å². The highest BCUT2D eigenvalue weighted by Crippen LogP contribution is 2.51. The molecule has 3 aromatic rings. The van der Waals surface area contributed by atoms with Gasteiger partial charge in [0.15, 0.2) is 46.8 Å². The second kappa shape index (κ2) is 22.4. The van der Waals surface area contributed by atoms with Gasteiger partial charge in [-0.25, -0.2) is 15.0 Å². The lowest BCUT2D eigenvalue weighted by Crippen LogP contribution is -2.40. The summed E-state index contributed by atoms with van der Waals surface area (Å²) in [6.45, 7) is 4.03. The first-order chi connectivity index (χ1) is 27.8. The Morgan fingerprint density at radius 1 is 0.741 bits per heavy atom. The van der Waals surface area contributed by atoms with Crippen LogP contribution in [0.25, 0.3) is 0 Å². The fourth-order valence-corrected chi connectivity index (χ4v) is 5.49. The van der Waals surface area contributed by atoms with Crippen molar-refractivity contribution in [2.75, 3.05) is 85.8 Å². The number of carbonyl (C=O) groups is 1. The Labute approximate surface area is 331 Å². The number of carbonyl (C=O) groups excluding carboxylic acids is 1. The minimum atomic E-state index is -1.66. The Hall–Kier alpha value is -5.52. The molecule has 3 atom stereocenters. The SMILES string of the molecule is NCCOCCOCCOCCOCCOCCN(N)/C=C(\N)COC1c2c(O)cc(O)cc2OC(c2cc(O)c(O)c(O)c2)C1OC(=O)c1cc(O)c(O)c(F)c1. The van der Waals surface area contributed by atoms with Crippen molar-refractivity contribution in [1.29, 1.82) is 0 Å². The number of hydrazine groups is 1. The number of phenols is 7. The Kier molecular flexibility index (Phi) is 17.5. The third-order valence-corrected chi connectivity index (χ3v) is 8.19. The summed E-state index contributed by atoms with van der Waals surface area (Å²) < 4.78 is 59.1. The van der Waals surface area contributed by atoms with E-state index in [-0.39, 0.29) is 42.3 Å². The average Bonchev–Trinajstić information content (AvgIpc) is 3.17. The number of halogens is 1. The molecule has 3 unspecified atom stereocenters. The maximum atomic E-state index is 14.3. The molecule has 0 aromatic heterocycles. The summed E-state index contributed by atoms with van der Waals surface area (Å²) in [5.74, 6) is -2.23. The van der Waals surface area contributed by atoms with E-state index in [4.69, 9.17) is 55.2 Å². The maximum absolute atomic E-state index is 14.3. The van der Waals surface area contributed by atoms with Crippen molar-refractivity contribution in [1.82, 2.24) is 5.01 Å². The first kappa shape index (κ1) is 45.2. The summed E-state index contributed by atoms with van der Waals surface area (Å²) >= 11 is 0. The van der Waals surface area contributed by atoms with Crippen LogP contribution < -0.4 is 22.0 Å². The number of esters is 1. The number of aromatic hydroxyl groups is 7. The van der Waals surface area contributed by atoms with Gasteiger partial charge in [-0.2, -0.15) is 0 Å². The lowest BCUT2D eigenvalue weighted by Gasteiger charge is -2.39. The zero-order valence-electron chi connectivity index (χ0n) is 31.3. The van der Waals surface area contributed by atoms with Crippen LogP contribution in [-0.2, 0) is 33.2 Å². The Morgan fingerprint density at radius 3 is 1.86 bits per heavy atom. The first-order valence-electron chi connectivity index (χ1n) is 17.9. The van der Waals surface area contributed by atoms with Gasteiger partial charge in [0, 0.05) is 30.4 Å². The van der Waals surface area contributed by atoms with Crippen molar-refractivity contribution in [3.63, 3.8) is 0 Å². The molecule has 1 aliphatic heterocycles. The van der Waals surface area contributed by atoms with Crippen LogP contribution in [0.15, 0.2) is 48.3 Å². The van der Waals surface area contributed by atoms with E-state index in [1.807, 2.05) is 0 Å². The van der Waals surface area contributed by atoms with Crippen LogP contribution in [0.4, 0.5) is 4.39 Å². The number of benzene rings is 3. The highest BCUT2D eigenvalue weighted by atomic mass is 19.1. The third-order valence-electron chi connectivity index (χ3n) is 8.19. The lowest BCUT2D eigenvalue weighted by atomic mass is 9.90. The molecule has 0 fully saturated rings. The predicted octanol–water partition coefficient (Wildman–Crippen LogP) is 1.20. The van der Waals surface area contributed by atoms with Crippen LogP contribution in [0.2, 0.25) is 0 Å². The molecular formula is C37H49FN4O16. The van der Waals surface area contributed by atoms with E-state index in [0.29, 0.717) is 65.5 Å². The van der Waals surface area contributed by atoms with Crippen LogP contribution in [-0.4, -0.2) is 139 Å². The van der Waals surface area contributed by atoms with Gasteiger partial charge in [0.2, 0.25) is 0 Å². The van der Waals surface area contributed by atoms with Crippen molar-refractivity contribution in [3.8, 4) is 46.0 Å². The van der Waals surface area contributed by atoms with E-state index >= 15 is 0 Å². The number of hydrogen-bond donors (Lipinski definition) is 10. The number of ether oxygens (including phenoxy) is 8. The van der Waals surface area contributed by atoms with E-state index < -0.39 is 82.5 Å². The smallest absolute Gasteiger partial charge is 0.338 e. The molecule has 0 aliphatic carbocycles. The molecule has 20 nitrogen and oxygen atoms in total. The van der Waals surface area contributed by atoms with Crippen LogP contribution >= 0.6 is 0 Å². The largest absolute Gasteiger partial charge is 0.508 e. The molecular weight excluding hydrogens is 775 g/mol. The number of fused-ring (bicyclic) bond motifs is 1. The fraction of sp³-hybridized carbons (Fsp3) is 0.432. The molecule has 13 N–H and O–H groups in total. The lowest BCUT2D eigenvalue weighted by molar-refractivity contribution is -0.106. The molecule has 0 radical (unpaired) electrons. The van der Waals surface area contributed by atoms with Gasteiger partial charge in [0.25, 0.3) is 0 Å². The summed E-state index contributed by atoms with van der Waals surface area (Å²) in [6.07, 6.45) is -3.34. The zero-order chi connectivity index (χ0) is 42.2. The summed E-state index contributed by atoms with van der Waals surface area (Å²) in [5.41, 5.74) is 10.8. The van der Waals surface area contributed by atoms with Crippen molar-refractivity contribution in [2.45, 2.75) is 18.3 Å². The molecule has 0 saturated carbocycles. The van der Waals surface area contributed by atoms with Gasteiger partial charge in [0.1, 0.15) is 23.4 Å². The molecule has 21 heteroatoms. The van der Waals surface area contributed by atoms with Crippen LogP contribution in [0.3, 0.4) is 0 Å².